The average Bonchev–Trinajstić information content (AvgIpc) is 2.89. The van der Waals surface area contributed by atoms with Crippen LogP contribution in [0.5, 0.6) is 0 Å². The largest absolute Gasteiger partial charge is 0.481 e. The molecule has 3 N–H and O–H groups in total. The topological polar surface area (TPSA) is 112 Å². The van der Waals surface area contributed by atoms with E-state index in [0.29, 0.717) is 23.7 Å². The summed E-state index contributed by atoms with van der Waals surface area (Å²) in [6.45, 7) is 4.69. The van der Waals surface area contributed by atoms with Crippen molar-refractivity contribution in [1.29, 1.82) is 0 Å². The molecule has 0 aliphatic carbocycles. The quantitative estimate of drug-likeness (QED) is 0.0605. The fourth-order valence-corrected chi connectivity index (χ4v) is 5.25. The summed E-state index contributed by atoms with van der Waals surface area (Å²) in [5, 5.41) is 27.0. The normalized spacial score (nSPS) is 11.8. The Morgan fingerprint density at radius 2 is 0.821 bits per heavy atom. The van der Waals surface area contributed by atoms with E-state index in [1.165, 1.54) is 77.0 Å². The molecule has 0 saturated carbocycles. The van der Waals surface area contributed by atoms with Crippen molar-refractivity contribution < 1.29 is 34.2 Å². The summed E-state index contributed by atoms with van der Waals surface area (Å²) in [5.74, 6) is -2.35. The number of carboxylic acid groups (broad SMARTS) is 3. The highest BCUT2D eigenvalue weighted by Gasteiger charge is 2.24. The molecule has 39 heavy (non-hydrogen) atoms. The maximum Gasteiger partial charge on any atom is 0.303 e. The zero-order valence-corrected chi connectivity index (χ0v) is 25.1. The Bertz CT molecular complexity index is 594. The molecule has 0 bridgehead atoms. The molecule has 0 radical (unpaired) electrons. The van der Waals surface area contributed by atoms with E-state index < -0.39 is 17.9 Å². The van der Waals surface area contributed by atoms with Gasteiger partial charge in [0.05, 0.1) is 25.8 Å². The summed E-state index contributed by atoms with van der Waals surface area (Å²) in [6, 6.07) is 0. The number of aliphatic carboxylic acids is 3. The van der Waals surface area contributed by atoms with Gasteiger partial charge in [-0.1, -0.05) is 84.0 Å². The predicted molar refractivity (Wildman–Crippen MR) is 159 cm³/mol. The third-order valence-electron chi connectivity index (χ3n) is 7.63. The molecule has 0 spiro atoms. The van der Waals surface area contributed by atoms with Crippen molar-refractivity contribution in [2.75, 3.05) is 19.6 Å². The first-order valence-corrected chi connectivity index (χ1v) is 16.0. The van der Waals surface area contributed by atoms with E-state index in [0.717, 1.165) is 51.7 Å². The Labute approximate surface area is 238 Å². The number of unbranched alkanes of at least 4 members (excludes halogenated alkanes) is 16. The molecule has 0 rings (SSSR count). The Hall–Kier alpha value is -1.89. The number of allylic oxidation sites excluding steroid dienone is 1. The van der Waals surface area contributed by atoms with E-state index in [4.69, 9.17) is 15.3 Å². The molecular weight excluding hydrogens is 494 g/mol. The van der Waals surface area contributed by atoms with Gasteiger partial charge in [0.25, 0.3) is 0 Å². The lowest BCUT2D eigenvalue weighted by atomic mass is 10.0. The third kappa shape index (κ3) is 26.1. The van der Waals surface area contributed by atoms with E-state index in [1.807, 2.05) is 0 Å². The molecule has 0 unspecified atom stereocenters. The molecule has 228 valence electrons. The van der Waals surface area contributed by atoms with Crippen molar-refractivity contribution in [3.8, 4) is 0 Å². The maximum absolute atomic E-state index is 11.0. The fourth-order valence-electron chi connectivity index (χ4n) is 5.25. The Balaban J connectivity index is 4.58. The fraction of sp³-hybridized carbons (Fsp3) is 0.844. The van der Waals surface area contributed by atoms with Crippen LogP contribution in [0.25, 0.3) is 0 Å². The molecule has 7 heteroatoms. The minimum absolute atomic E-state index is 0.153. The van der Waals surface area contributed by atoms with Crippen LogP contribution in [-0.2, 0) is 14.4 Å². The van der Waals surface area contributed by atoms with E-state index >= 15 is 0 Å². The monoisotopic (exact) mass is 554 g/mol. The van der Waals surface area contributed by atoms with Crippen LogP contribution >= 0.6 is 0 Å². The van der Waals surface area contributed by atoms with Crippen LogP contribution in [-0.4, -0.2) is 57.3 Å². The van der Waals surface area contributed by atoms with Crippen molar-refractivity contribution in [3.63, 3.8) is 0 Å². The lowest BCUT2D eigenvalue weighted by Crippen LogP contribution is -2.45. The van der Waals surface area contributed by atoms with Gasteiger partial charge in [-0.05, 0) is 57.4 Å². The number of nitrogens with zero attached hydrogens (tertiary/aromatic N) is 1. The predicted octanol–water partition coefficient (Wildman–Crippen LogP) is 8.56. The summed E-state index contributed by atoms with van der Waals surface area (Å²) >= 11 is 0. The van der Waals surface area contributed by atoms with Crippen molar-refractivity contribution in [2.24, 2.45) is 0 Å². The molecule has 0 aliphatic heterocycles. The summed E-state index contributed by atoms with van der Waals surface area (Å²) in [6.07, 6.45) is 27.5. The Morgan fingerprint density at radius 1 is 0.487 bits per heavy atom. The Kier molecular flexibility index (Phi) is 25.1. The molecular formula is C32H60NO6+. The van der Waals surface area contributed by atoms with Crippen molar-refractivity contribution in [3.05, 3.63) is 12.3 Å². The van der Waals surface area contributed by atoms with Gasteiger partial charge in [-0.25, -0.2) is 0 Å². The number of carboxylic acids is 3. The molecule has 0 aliphatic rings. The van der Waals surface area contributed by atoms with Gasteiger partial charge < -0.3 is 15.3 Å². The molecule has 0 aromatic carbocycles. The smallest absolute Gasteiger partial charge is 0.303 e. The molecule has 7 nitrogen and oxygen atoms in total. The highest BCUT2D eigenvalue weighted by Crippen LogP contribution is 2.19. The van der Waals surface area contributed by atoms with Crippen LogP contribution in [0.15, 0.2) is 12.3 Å². The number of quaternary nitrogens is 1. The van der Waals surface area contributed by atoms with Gasteiger partial charge in [0.2, 0.25) is 0 Å². The van der Waals surface area contributed by atoms with E-state index in [1.54, 1.807) is 0 Å². The standard InChI is InChI=1S/C32H59NO6/c1-2-3-4-5-6-7-8-9-10-11-12-13-14-15-19-26-33(27-20-16-23-30(34)35,28-21-17-24-31(36)37)29-22-18-25-32(38)39/h19,26H,2-18,20-25,27-29H2,1H3,(H2-,34,35,36,37,38,39)/p+1/b26-19+. The SMILES string of the molecule is CCCCCCCCCCCCCCC/C=C/[N+](CCCCC(=O)O)(CCCCC(=O)O)CCCCC(=O)O. The van der Waals surface area contributed by atoms with Gasteiger partial charge in [0.15, 0.2) is 0 Å². The van der Waals surface area contributed by atoms with Crippen LogP contribution in [0.4, 0.5) is 0 Å². The van der Waals surface area contributed by atoms with Crippen LogP contribution in [0.1, 0.15) is 155 Å². The number of hydrogen-bond donors (Lipinski definition) is 3. The first kappa shape index (κ1) is 37.1. The second-order valence-corrected chi connectivity index (χ2v) is 11.4. The minimum Gasteiger partial charge on any atom is -0.481 e. The van der Waals surface area contributed by atoms with E-state index in [9.17, 15) is 14.4 Å². The summed E-state index contributed by atoms with van der Waals surface area (Å²) < 4.78 is 0.692. The molecule has 0 heterocycles. The number of hydrogen-bond acceptors (Lipinski definition) is 3. The first-order chi connectivity index (χ1) is 18.8. The molecule has 0 atom stereocenters. The number of carbonyl (C=O) groups is 3. The molecule has 0 saturated heterocycles. The van der Waals surface area contributed by atoms with Crippen LogP contribution in [0, 0.1) is 0 Å². The summed E-state index contributed by atoms with van der Waals surface area (Å²) in [7, 11) is 0. The van der Waals surface area contributed by atoms with Crippen molar-refractivity contribution in [1.82, 2.24) is 0 Å². The van der Waals surface area contributed by atoms with E-state index in [2.05, 4.69) is 19.2 Å². The lowest BCUT2D eigenvalue weighted by molar-refractivity contribution is -0.880. The maximum atomic E-state index is 11.0. The number of rotatable bonds is 30. The van der Waals surface area contributed by atoms with Gasteiger partial charge in [-0.3, -0.25) is 18.9 Å². The molecule has 0 aromatic heterocycles. The minimum atomic E-state index is -0.783. The van der Waals surface area contributed by atoms with Crippen molar-refractivity contribution >= 4 is 17.9 Å². The molecule has 0 amide bonds. The summed E-state index contributed by atoms with van der Waals surface area (Å²) in [5.41, 5.74) is 0. The molecule has 0 aromatic rings. The second-order valence-electron chi connectivity index (χ2n) is 11.4. The first-order valence-electron chi connectivity index (χ1n) is 16.0. The van der Waals surface area contributed by atoms with Gasteiger partial charge in [-0.2, -0.15) is 0 Å². The van der Waals surface area contributed by atoms with Gasteiger partial charge in [0.1, 0.15) is 0 Å². The highest BCUT2D eigenvalue weighted by molar-refractivity contribution is 5.67. The van der Waals surface area contributed by atoms with Crippen LogP contribution < -0.4 is 0 Å². The summed E-state index contributed by atoms with van der Waals surface area (Å²) in [4.78, 5) is 32.9. The lowest BCUT2D eigenvalue weighted by Gasteiger charge is -2.35. The highest BCUT2D eigenvalue weighted by atomic mass is 16.4. The van der Waals surface area contributed by atoms with Crippen LogP contribution in [0.2, 0.25) is 0 Å². The van der Waals surface area contributed by atoms with Gasteiger partial charge in [0, 0.05) is 19.3 Å². The third-order valence-corrected chi connectivity index (χ3v) is 7.63. The Morgan fingerprint density at radius 3 is 1.15 bits per heavy atom. The van der Waals surface area contributed by atoms with E-state index in [-0.39, 0.29) is 19.3 Å². The second kappa shape index (κ2) is 26.3. The molecule has 0 fully saturated rings. The average molecular weight is 555 g/mol. The zero-order chi connectivity index (χ0) is 29.0. The van der Waals surface area contributed by atoms with Crippen molar-refractivity contribution in [2.45, 2.75) is 155 Å². The van der Waals surface area contributed by atoms with Gasteiger partial charge in [-0.15, -0.1) is 0 Å². The van der Waals surface area contributed by atoms with Gasteiger partial charge >= 0.3 is 17.9 Å². The zero-order valence-electron chi connectivity index (χ0n) is 25.1. The van der Waals surface area contributed by atoms with Crippen LogP contribution in [0.3, 0.4) is 0 Å².